The molecule has 27 heavy (non-hydrogen) atoms. The lowest BCUT2D eigenvalue weighted by Gasteiger charge is -2.09. The van der Waals surface area contributed by atoms with Crippen LogP contribution in [0, 0.1) is 5.92 Å². The number of rotatable bonds is 4. The first-order valence-electron chi connectivity index (χ1n) is 9.70. The summed E-state index contributed by atoms with van der Waals surface area (Å²) in [4.78, 5) is 9.17. The zero-order valence-corrected chi connectivity index (χ0v) is 15.3. The van der Waals surface area contributed by atoms with E-state index in [4.69, 9.17) is 0 Å². The molecule has 3 heterocycles. The second-order valence-corrected chi connectivity index (χ2v) is 7.41. The molecule has 5 rings (SSSR count). The Morgan fingerprint density at radius 2 is 1.78 bits per heavy atom. The van der Waals surface area contributed by atoms with E-state index >= 15 is 0 Å². The second kappa shape index (κ2) is 6.95. The average Bonchev–Trinajstić information content (AvgIpc) is 3.40. The zero-order chi connectivity index (χ0) is 18.1. The Morgan fingerprint density at radius 1 is 0.926 bits per heavy atom. The van der Waals surface area contributed by atoms with Crippen molar-refractivity contribution >= 4 is 10.9 Å². The van der Waals surface area contributed by atoms with Gasteiger partial charge in [-0.05, 0) is 37.0 Å². The molecule has 0 spiro atoms. The highest BCUT2D eigenvalue weighted by molar-refractivity contribution is 5.87. The highest BCUT2D eigenvalue weighted by Crippen LogP contribution is 2.32. The molecule has 0 amide bonds. The van der Waals surface area contributed by atoms with Gasteiger partial charge in [-0.3, -0.25) is 14.6 Å². The first kappa shape index (κ1) is 16.2. The van der Waals surface area contributed by atoms with E-state index < -0.39 is 0 Å². The van der Waals surface area contributed by atoms with E-state index in [0.29, 0.717) is 0 Å². The summed E-state index contributed by atoms with van der Waals surface area (Å²) in [6.45, 7) is 1.02. The van der Waals surface area contributed by atoms with Crippen LogP contribution in [0.25, 0.3) is 33.3 Å². The minimum absolute atomic E-state index is 0.776. The maximum Gasteiger partial charge on any atom is 0.0782 e. The molecule has 0 aliphatic heterocycles. The van der Waals surface area contributed by atoms with Crippen LogP contribution in [0.1, 0.15) is 25.7 Å². The molecule has 1 aliphatic rings. The van der Waals surface area contributed by atoms with Crippen LogP contribution in [0.15, 0.2) is 67.3 Å². The zero-order valence-electron chi connectivity index (χ0n) is 15.3. The minimum atomic E-state index is 0.776. The molecule has 0 atom stereocenters. The summed E-state index contributed by atoms with van der Waals surface area (Å²) >= 11 is 0. The summed E-state index contributed by atoms with van der Waals surface area (Å²) in [6, 6.07) is 14.5. The summed E-state index contributed by atoms with van der Waals surface area (Å²) in [7, 11) is 0. The van der Waals surface area contributed by atoms with Crippen LogP contribution in [-0.2, 0) is 6.54 Å². The average molecular weight is 354 g/mol. The third kappa shape index (κ3) is 3.23. The Bertz CT molecular complexity index is 1080. The summed E-state index contributed by atoms with van der Waals surface area (Å²) in [5.41, 5.74) is 5.29. The van der Waals surface area contributed by atoms with Crippen molar-refractivity contribution in [3.8, 4) is 22.4 Å². The Morgan fingerprint density at radius 3 is 2.70 bits per heavy atom. The van der Waals surface area contributed by atoms with Crippen molar-refractivity contribution in [2.24, 2.45) is 5.92 Å². The van der Waals surface area contributed by atoms with Gasteiger partial charge in [0.2, 0.25) is 0 Å². The lowest BCUT2D eigenvalue weighted by atomic mass is 10.0. The molecule has 4 heteroatoms. The van der Waals surface area contributed by atoms with Gasteiger partial charge in [0.15, 0.2) is 0 Å². The SMILES string of the molecule is c1cnc(-c2ccc3cccnc3c2)c(-c2cnn(CC3CCCC3)c2)c1. The van der Waals surface area contributed by atoms with Crippen LogP contribution in [0.4, 0.5) is 0 Å². The van der Waals surface area contributed by atoms with Gasteiger partial charge in [0.25, 0.3) is 0 Å². The van der Waals surface area contributed by atoms with Gasteiger partial charge in [-0.25, -0.2) is 0 Å². The van der Waals surface area contributed by atoms with E-state index in [9.17, 15) is 0 Å². The number of benzene rings is 1. The molecule has 0 unspecified atom stereocenters. The third-order valence-electron chi connectivity index (χ3n) is 5.55. The standard InChI is InChI=1S/C23H22N4/c1-2-6-17(5-1)15-27-16-20(14-26-27)21-8-4-12-25-23(21)19-10-9-18-7-3-11-24-22(18)13-19/h3-4,7-14,16-17H,1-2,5-6,15H2. The van der Waals surface area contributed by atoms with Crippen molar-refractivity contribution in [2.75, 3.05) is 0 Å². The predicted octanol–water partition coefficient (Wildman–Crippen LogP) is 5.35. The van der Waals surface area contributed by atoms with Crippen LogP contribution in [0.2, 0.25) is 0 Å². The fraction of sp³-hybridized carbons (Fsp3) is 0.261. The molecule has 0 N–H and O–H groups in total. The van der Waals surface area contributed by atoms with E-state index in [2.05, 4.69) is 56.3 Å². The summed E-state index contributed by atoms with van der Waals surface area (Å²) in [5.74, 6) is 0.776. The minimum Gasteiger partial charge on any atom is -0.272 e. The number of fused-ring (bicyclic) bond motifs is 1. The Hall–Kier alpha value is -3.01. The van der Waals surface area contributed by atoms with Crippen LogP contribution < -0.4 is 0 Å². The number of hydrogen-bond acceptors (Lipinski definition) is 3. The summed E-state index contributed by atoms with van der Waals surface area (Å²) < 4.78 is 2.10. The molecule has 0 saturated heterocycles. The maximum atomic E-state index is 4.68. The van der Waals surface area contributed by atoms with E-state index in [1.807, 2.05) is 30.7 Å². The number of nitrogens with zero attached hydrogens (tertiary/aromatic N) is 4. The van der Waals surface area contributed by atoms with Crippen LogP contribution in [-0.4, -0.2) is 19.7 Å². The van der Waals surface area contributed by atoms with E-state index in [-0.39, 0.29) is 0 Å². The molecule has 3 aromatic heterocycles. The Balaban J connectivity index is 1.51. The van der Waals surface area contributed by atoms with Crippen molar-refractivity contribution in [1.29, 1.82) is 0 Å². The lowest BCUT2D eigenvalue weighted by molar-refractivity contribution is 0.429. The van der Waals surface area contributed by atoms with Gasteiger partial charge in [0.05, 0.1) is 17.4 Å². The molecular formula is C23H22N4. The highest BCUT2D eigenvalue weighted by atomic mass is 15.3. The van der Waals surface area contributed by atoms with E-state index in [0.717, 1.165) is 45.7 Å². The fourth-order valence-corrected chi connectivity index (χ4v) is 4.14. The van der Waals surface area contributed by atoms with Crippen molar-refractivity contribution in [2.45, 2.75) is 32.2 Å². The van der Waals surface area contributed by atoms with Gasteiger partial charge in [0.1, 0.15) is 0 Å². The fourth-order valence-electron chi connectivity index (χ4n) is 4.14. The molecule has 1 aromatic carbocycles. The highest BCUT2D eigenvalue weighted by Gasteiger charge is 2.17. The number of pyridine rings is 2. The molecule has 4 nitrogen and oxygen atoms in total. The van der Waals surface area contributed by atoms with Crippen molar-refractivity contribution in [1.82, 2.24) is 19.7 Å². The maximum absolute atomic E-state index is 4.68. The Labute approximate surface area is 158 Å². The van der Waals surface area contributed by atoms with Gasteiger partial charge >= 0.3 is 0 Å². The summed E-state index contributed by atoms with van der Waals surface area (Å²) in [5, 5.41) is 5.76. The molecule has 1 aliphatic carbocycles. The van der Waals surface area contributed by atoms with Crippen molar-refractivity contribution in [3.05, 3.63) is 67.3 Å². The van der Waals surface area contributed by atoms with Gasteiger partial charge in [-0.1, -0.05) is 37.1 Å². The van der Waals surface area contributed by atoms with Crippen LogP contribution in [0.5, 0.6) is 0 Å². The predicted molar refractivity (Wildman–Crippen MR) is 108 cm³/mol. The number of aromatic nitrogens is 4. The van der Waals surface area contributed by atoms with Crippen LogP contribution in [0.3, 0.4) is 0 Å². The van der Waals surface area contributed by atoms with Gasteiger partial charge < -0.3 is 0 Å². The molecule has 1 saturated carbocycles. The molecule has 0 radical (unpaired) electrons. The topological polar surface area (TPSA) is 43.6 Å². The molecule has 134 valence electrons. The second-order valence-electron chi connectivity index (χ2n) is 7.41. The third-order valence-corrected chi connectivity index (χ3v) is 5.55. The first-order valence-corrected chi connectivity index (χ1v) is 9.70. The molecule has 4 aromatic rings. The molecule has 1 fully saturated rings. The Kier molecular flexibility index (Phi) is 4.17. The first-order chi connectivity index (χ1) is 13.4. The van der Waals surface area contributed by atoms with Crippen molar-refractivity contribution < 1.29 is 0 Å². The van der Waals surface area contributed by atoms with E-state index in [1.165, 1.54) is 25.7 Å². The monoisotopic (exact) mass is 354 g/mol. The van der Waals surface area contributed by atoms with Gasteiger partial charge in [-0.15, -0.1) is 0 Å². The van der Waals surface area contributed by atoms with E-state index in [1.54, 1.807) is 0 Å². The normalized spacial score (nSPS) is 14.8. The summed E-state index contributed by atoms with van der Waals surface area (Å²) in [6.07, 6.45) is 13.2. The van der Waals surface area contributed by atoms with Gasteiger partial charge in [-0.2, -0.15) is 5.10 Å². The smallest absolute Gasteiger partial charge is 0.0782 e. The largest absolute Gasteiger partial charge is 0.272 e. The van der Waals surface area contributed by atoms with Crippen LogP contribution >= 0.6 is 0 Å². The lowest BCUT2D eigenvalue weighted by Crippen LogP contribution is -2.07. The van der Waals surface area contributed by atoms with Crippen molar-refractivity contribution in [3.63, 3.8) is 0 Å². The number of hydrogen-bond donors (Lipinski definition) is 0. The molecule has 0 bridgehead atoms. The van der Waals surface area contributed by atoms with Gasteiger partial charge in [0, 0.05) is 47.2 Å². The quantitative estimate of drug-likeness (QED) is 0.496. The molecular weight excluding hydrogens is 332 g/mol.